The lowest BCUT2D eigenvalue weighted by Crippen LogP contribution is -2.37. The number of fused-ring (bicyclic) bond motifs is 4. The van der Waals surface area contributed by atoms with Crippen molar-refractivity contribution in [2.45, 2.75) is 44.9 Å². The summed E-state index contributed by atoms with van der Waals surface area (Å²) in [4.78, 5) is 46.0. The maximum atomic E-state index is 12.6. The molecule has 2 fully saturated rings. The Hall–Kier alpha value is -4.22. The van der Waals surface area contributed by atoms with Crippen LogP contribution in [0.15, 0.2) is 67.0 Å². The smallest absolute Gasteiger partial charge is 0.306 e. The zero-order valence-electron chi connectivity index (χ0n) is 27.5. The first-order valence-corrected chi connectivity index (χ1v) is 17.9. The van der Waals surface area contributed by atoms with Crippen molar-refractivity contribution in [3.8, 4) is 21.7 Å². The summed E-state index contributed by atoms with van der Waals surface area (Å²) in [5, 5.41) is 12.2. The summed E-state index contributed by atoms with van der Waals surface area (Å²) >= 11 is 8.77. The number of likely N-dealkylation sites (tertiary alicyclic amines) is 1. The van der Waals surface area contributed by atoms with Gasteiger partial charge in [-0.05, 0) is 67.7 Å². The molecule has 5 aromatic rings. The summed E-state index contributed by atoms with van der Waals surface area (Å²) in [6.45, 7) is 3.18. The Morgan fingerprint density at radius 2 is 1.88 bits per heavy atom. The minimum Gasteiger partial charge on any atom is -0.481 e. The number of aliphatic carboxylic acids is 1. The Balaban J connectivity index is 0.988. The van der Waals surface area contributed by atoms with Gasteiger partial charge in [0.1, 0.15) is 5.01 Å². The monoisotopic (exact) mass is 692 g/mol. The lowest BCUT2D eigenvalue weighted by molar-refractivity contribution is -0.144. The van der Waals surface area contributed by atoms with E-state index in [1.165, 1.54) is 0 Å². The van der Waals surface area contributed by atoms with Gasteiger partial charge in [0.15, 0.2) is 0 Å². The van der Waals surface area contributed by atoms with E-state index in [9.17, 15) is 14.7 Å². The van der Waals surface area contributed by atoms with Gasteiger partial charge in [-0.25, -0.2) is 4.98 Å². The Bertz CT molecular complexity index is 2080. The molecule has 1 saturated carbocycles. The van der Waals surface area contributed by atoms with Crippen molar-refractivity contribution < 1.29 is 14.7 Å². The molecule has 9 nitrogen and oxygen atoms in total. The van der Waals surface area contributed by atoms with Crippen LogP contribution in [-0.2, 0) is 35.6 Å². The number of halogens is 1. The van der Waals surface area contributed by atoms with Crippen LogP contribution in [0.1, 0.15) is 40.2 Å². The van der Waals surface area contributed by atoms with Gasteiger partial charge < -0.3 is 14.9 Å². The molecular weight excluding hydrogens is 656 g/mol. The molecule has 250 valence electrons. The van der Waals surface area contributed by atoms with Gasteiger partial charge in [0, 0.05) is 59.3 Å². The number of benzene rings is 2. The van der Waals surface area contributed by atoms with Crippen LogP contribution in [0.3, 0.4) is 0 Å². The third-order valence-electron chi connectivity index (χ3n) is 10.2. The molecule has 2 aromatic carbocycles. The predicted octanol–water partition coefficient (Wildman–Crippen LogP) is 6.36. The molecule has 11 heteroatoms. The highest BCUT2D eigenvalue weighted by molar-refractivity contribution is 7.15. The number of nitrogens with zero attached hydrogens (tertiary/aromatic N) is 6. The van der Waals surface area contributed by atoms with Gasteiger partial charge in [0.25, 0.3) is 0 Å². The number of piperidine rings is 1. The van der Waals surface area contributed by atoms with Crippen LogP contribution >= 0.6 is 22.9 Å². The Labute approximate surface area is 294 Å². The van der Waals surface area contributed by atoms with Gasteiger partial charge in [-0.3, -0.25) is 24.5 Å². The van der Waals surface area contributed by atoms with E-state index in [0.717, 1.165) is 85.9 Å². The van der Waals surface area contributed by atoms with E-state index in [-0.39, 0.29) is 17.7 Å². The van der Waals surface area contributed by atoms with Crippen LogP contribution in [0.4, 0.5) is 0 Å². The average molecular weight is 693 g/mol. The number of rotatable bonds is 9. The number of carbonyl (C=O) groups is 2. The molecule has 0 spiro atoms. The lowest BCUT2D eigenvalue weighted by atomic mass is 9.94. The predicted molar refractivity (Wildman–Crippen MR) is 191 cm³/mol. The van der Waals surface area contributed by atoms with Crippen LogP contribution < -0.4 is 0 Å². The molecule has 0 radical (unpaired) electrons. The fraction of sp³-hybridized carbons (Fsp3) is 0.342. The average Bonchev–Trinajstić information content (AvgIpc) is 3.86. The molecule has 1 amide bonds. The van der Waals surface area contributed by atoms with E-state index in [0.29, 0.717) is 37.1 Å². The summed E-state index contributed by atoms with van der Waals surface area (Å²) in [6, 6.07) is 19.0. The van der Waals surface area contributed by atoms with Gasteiger partial charge in [-0.15, -0.1) is 11.3 Å². The zero-order valence-corrected chi connectivity index (χ0v) is 29.0. The van der Waals surface area contributed by atoms with Crippen molar-refractivity contribution in [1.29, 1.82) is 0 Å². The molecule has 1 aliphatic carbocycles. The highest BCUT2D eigenvalue weighted by atomic mass is 35.5. The molecule has 1 N–H and O–H groups in total. The van der Waals surface area contributed by atoms with E-state index >= 15 is 0 Å². The maximum Gasteiger partial charge on any atom is 0.306 e. The van der Waals surface area contributed by atoms with E-state index in [1.54, 1.807) is 11.3 Å². The zero-order chi connectivity index (χ0) is 33.8. The number of hydrogen-bond acceptors (Lipinski definition) is 8. The van der Waals surface area contributed by atoms with Crippen LogP contribution in [0, 0.1) is 11.8 Å². The molecule has 3 unspecified atom stereocenters. The number of aromatic nitrogens is 3. The second-order valence-corrected chi connectivity index (χ2v) is 15.3. The molecule has 2 aliphatic heterocycles. The summed E-state index contributed by atoms with van der Waals surface area (Å²) in [6.07, 6.45) is 6.03. The van der Waals surface area contributed by atoms with Crippen molar-refractivity contribution in [3.05, 3.63) is 99.4 Å². The minimum atomic E-state index is -0.652. The first-order valence-electron chi connectivity index (χ1n) is 16.7. The summed E-state index contributed by atoms with van der Waals surface area (Å²) in [5.41, 5.74) is 7.82. The second kappa shape index (κ2) is 12.9. The van der Waals surface area contributed by atoms with Crippen LogP contribution in [0.25, 0.3) is 32.6 Å². The second-order valence-electron chi connectivity index (χ2n) is 13.8. The summed E-state index contributed by atoms with van der Waals surface area (Å²) < 4.78 is 0. The van der Waals surface area contributed by atoms with E-state index in [1.807, 2.05) is 66.6 Å². The fourth-order valence-corrected chi connectivity index (χ4v) is 9.19. The van der Waals surface area contributed by atoms with Crippen LogP contribution in [0.2, 0.25) is 5.02 Å². The van der Waals surface area contributed by atoms with Crippen molar-refractivity contribution >= 4 is 45.7 Å². The van der Waals surface area contributed by atoms with Gasteiger partial charge in [0.05, 0.1) is 47.5 Å². The number of carboxylic acids is 1. The summed E-state index contributed by atoms with van der Waals surface area (Å²) in [7, 11) is 3.81. The number of hydrogen-bond donors (Lipinski definition) is 1. The van der Waals surface area contributed by atoms with Gasteiger partial charge in [-0.2, -0.15) is 0 Å². The molecule has 3 aromatic heterocycles. The van der Waals surface area contributed by atoms with Crippen molar-refractivity contribution in [2.24, 2.45) is 11.8 Å². The highest BCUT2D eigenvalue weighted by Crippen LogP contribution is 2.43. The van der Waals surface area contributed by atoms with Crippen molar-refractivity contribution in [2.75, 3.05) is 27.2 Å². The van der Waals surface area contributed by atoms with Gasteiger partial charge in [-0.1, -0.05) is 48.0 Å². The highest BCUT2D eigenvalue weighted by Gasteiger charge is 2.47. The number of likely N-dealkylation sites (N-methyl/N-ethyl adjacent to an activating group) is 1. The van der Waals surface area contributed by atoms with Crippen molar-refractivity contribution in [1.82, 2.24) is 29.7 Å². The Kier molecular flexibility index (Phi) is 8.43. The van der Waals surface area contributed by atoms with E-state index in [4.69, 9.17) is 26.6 Å². The number of thiazole rings is 1. The Morgan fingerprint density at radius 3 is 2.65 bits per heavy atom. The van der Waals surface area contributed by atoms with Crippen LogP contribution in [0.5, 0.6) is 0 Å². The topological polar surface area (TPSA) is 103 Å². The largest absolute Gasteiger partial charge is 0.481 e. The lowest BCUT2D eigenvalue weighted by Gasteiger charge is -2.29. The van der Waals surface area contributed by atoms with Crippen LogP contribution in [-0.4, -0.2) is 79.9 Å². The maximum absolute atomic E-state index is 12.6. The number of carboxylic acid groups (broad SMARTS) is 1. The number of pyridine rings is 2. The van der Waals surface area contributed by atoms with Gasteiger partial charge >= 0.3 is 5.97 Å². The van der Waals surface area contributed by atoms with E-state index in [2.05, 4.69) is 29.2 Å². The molecular formula is C38H37ClN6O3S. The first kappa shape index (κ1) is 32.0. The molecule has 8 rings (SSSR count). The van der Waals surface area contributed by atoms with Gasteiger partial charge in [0.2, 0.25) is 5.91 Å². The third kappa shape index (κ3) is 6.23. The third-order valence-corrected chi connectivity index (χ3v) is 11.8. The number of carbonyl (C=O) groups excluding carboxylic acids is 1. The standard InChI is InChI=1S/C38H37ClN6O3S/c1-43(2)21-34(46)45-19-32-33(20-45)49-37(42-32)26-7-3-5-23(12-26)29-8-4-6-24(35(29)39)14-31-36-25(9-10-40-31)11-22(16-41-36)17-44-18-27-13-28(44)15-30(27)38(47)48/h3-12,16,27-28,30H,13-15,17-21H2,1-2H3,(H,47,48). The SMILES string of the molecule is CN(C)CC(=O)N1Cc2nc(-c3cccc(-c4cccc(Cc5nccc6cc(CN7CC8CC7CC8C(=O)O)cnc56)c4Cl)c3)sc2C1. The quantitative estimate of drug-likeness (QED) is 0.190. The fourth-order valence-electron chi connectivity index (χ4n) is 7.81. The van der Waals surface area contributed by atoms with Crippen molar-refractivity contribution in [3.63, 3.8) is 0 Å². The van der Waals surface area contributed by atoms with E-state index < -0.39 is 5.97 Å². The molecule has 2 bridgehead atoms. The summed E-state index contributed by atoms with van der Waals surface area (Å²) in [5.74, 6) is -0.479. The molecule has 1 saturated heterocycles. The molecule has 5 heterocycles. The molecule has 3 atom stereocenters. The normalized spacial score (nSPS) is 20.1. The Morgan fingerprint density at radius 1 is 1.04 bits per heavy atom. The number of amides is 1. The first-order chi connectivity index (χ1) is 23.7. The molecule has 49 heavy (non-hydrogen) atoms. The molecule has 3 aliphatic rings. The minimum absolute atomic E-state index is 0.121.